The summed E-state index contributed by atoms with van der Waals surface area (Å²) in [5.74, 6) is -0.268. The summed E-state index contributed by atoms with van der Waals surface area (Å²) in [6, 6.07) is 7.54. The van der Waals surface area contributed by atoms with Crippen LogP contribution in [-0.2, 0) is 14.8 Å². The summed E-state index contributed by atoms with van der Waals surface area (Å²) in [4.78, 5) is 4.11. The van der Waals surface area contributed by atoms with Gasteiger partial charge in [0.1, 0.15) is 11.6 Å². The number of benzene rings is 1. The third kappa shape index (κ3) is 5.62. The summed E-state index contributed by atoms with van der Waals surface area (Å²) in [5, 5.41) is 0.478. The molecular weight excluding hydrogens is 395 g/mol. The highest BCUT2D eigenvalue weighted by Crippen LogP contribution is 2.26. The van der Waals surface area contributed by atoms with Gasteiger partial charge in [0, 0.05) is 36.4 Å². The second-order valence-corrected chi connectivity index (χ2v) is 8.65. The Balaban J connectivity index is 1.67. The fourth-order valence-corrected chi connectivity index (χ4v) is 3.90. The van der Waals surface area contributed by atoms with Crippen LogP contribution in [0.2, 0.25) is 5.02 Å². The predicted molar refractivity (Wildman–Crippen MR) is 101 cm³/mol. The molecule has 0 aliphatic carbocycles. The molecule has 1 fully saturated rings. The molecule has 2 heterocycles. The molecule has 1 aromatic heterocycles. The molecule has 1 aliphatic heterocycles. The molecule has 0 saturated carbocycles. The van der Waals surface area contributed by atoms with Crippen LogP contribution in [0, 0.1) is 11.7 Å². The van der Waals surface area contributed by atoms with Gasteiger partial charge in [-0.25, -0.2) is 17.5 Å². The van der Waals surface area contributed by atoms with Crippen LogP contribution < -0.4 is 9.46 Å². The summed E-state index contributed by atoms with van der Waals surface area (Å²) in [6.07, 6.45) is 3.15. The number of ether oxygens (including phenoxy) is 2. The molecule has 0 radical (unpaired) electrons. The smallest absolute Gasteiger partial charge is 0.208 e. The molecule has 1 aromatic carbocycles. The van der Waals surface area contributed by atoms with Gasteiger partial charge in [-0.15, -0.1) is 0 Å². The van der Waals surface area contributed by atoms with Crippen molar-refractivity contribution in [2.45, 2.75) is 12.5 Å². The van der Waals surface area contributed by atoms with Gasteiger partial charge < -0.3 is 9.47 Å². The normalized spacial score (nSPS) is 20.4. The van der Waals surface area contributed by atoms with E-state index < -0.39 is 15.8 Å². The Morgan fingerprint density at radius 2 is 2.19 bits per heavy atom. The maximum atomic E-state index is 14.4. The van der Waals surface area contributed by atoms with Crippen LogP contribution >= 0.6 is 11.6 Å². The van der Waals surface area contributed by atoms with Crippen molar-refractivity contribution in [2.75, 3.05) is 26.1 Å². The van der Waals surface area contributed by atoms with Crippen molar-refractivity contribution in [2.24, 2.45) is 5.92 Å². The lowest BCUT2D eigenvalue weighted by molar-refractivity contribution is 0.0186. The van der Waals surface area contributed by atoms with Crippen LogP contribution in [0.3, 0.4) is 0 Å². The molecule has 2 atom stereocenters. The summed E-state index contributed by atoms with van der Waals surface area (Å²) in [7, 11) is -3.32. The standard InChI is InChI=1S/C18H20ClFN2O4S/c1-27(23,24)22-17-6-7-25-10-12(17)11-26-14-3-4-15(16(20)8-14)18-5-2-13(19)9-21-18/h2-5,8-9,12,17,22H,6-7,10-11H2,1H3. The minimum Gasteiger partial charge on any atom is -0.493 e. The molecule has 2 aromatic rings. The van der Waals surface area contributed by atoms with Crippen LogP contribution in [0.25, 0.3) is 11.3 Å². The van der Waals surface area contributed by atoms with Crippen LogP contribution in [0.1, 0.15) is 6.42 Å². The first-order valence-electron chi connectivity index (χ1n) is 8.41. The fourth-order valence-electron chi connectivity index (χ4n) is 2.92. The first-order chi connectivity index (χ1) is 12.8. The van der Waals surface area contributed by atoms with Crippen LogP contribution in [0.15, 0.2) is 36.5 Å². The number of nitrogens with zero attached hydrogens (tertiary/aromatic N) is 1. The number of nitrogens with one attached hydrogen (secondary N) is 1. The summed E-state index contributed by atoms with van der Waals surface area (Å²) in [6.45, 7) is 1.08. The molecule has 3 rings (SSSR count). The van der Waals surface area contributed by atoms with Gasteiger partial charge in [0.05, 0.1) is 30.2 Å². The zero-order chi connectivity index (χ0) is 19.4. The SMILES string of the molecule is CS(=O)(=O)NC1CCOCC1COc1ccc(-c2ccc(Cl)cn2)c(F)c1. The molecule has 0 spiro atoms. The molecule has 2 unspecified atom stereocenters. The molecule has 27 heavy (non-hydrogen) atoms. The number of pyridine rings is 1. The molecule has 6 nitrogen and oxygen atoms in total. The Kier molecular flexibility index (Phi) is 6.31. The van der Waals surface area contributed by atoms with Crippen LogP contribution in [0.4, 0.5) is 4.39 Å². The Morgan fingerprint density at radius 1 is 1.37 bits per heavy atom. The zero-order valence-electron chi connectivity index (χ0n) is 14.7. The lowest BCUT2D eigenvalue weighted by Crippen LogP contribution is -2.47. The van der Waals surface area contributed by atoms with Crippen molar-refractivity contribution in [3.05, 3.63) is 47.4 Å². The van der Waals surface area contributed by atoms with Gasteiger partial charge in [-0.05, 0) is 30.7 Å². The summed E-state index contributed by atoms with van der Waals surface area (Å²) >= 11 is 5.80. The Labute approximate surface area is 162 Å². The van der Waals surface area contributed by atoms with E-state index in [0.29, 0.717) is 41.7 Å². The van der Waals surface area contributed by atoms with E-state index in [0.717, 1.165) is 6.26 Å². The number of aromatic nitrogens is 1. The average Bonchev–Trinajstić information content (AvgIpc) is 2.61. The van der Waals surface area contributed by atoms with E-state index in [2.05, 4.69) is 9.71 Å². The number of halogens is 2. The molecular formula is C18H20ClFN2O4S. The number of rotatable bonds is 6. The lowest BCUT2D eigenvalue weighted by Gasteiger charge is -2.31. The third-order valence-electron chi connectivity index (χ3n) is 4.25. The monoisotopic (exact) mass is 414 g/mol. The summed E-state index contributed by atoms with van der Waals surface area (Å²) in [5.41, 5.74) is 0.818. The minimum absolute atomic E-state index is 0.158. The third-order valence-corrected chi connectivity index (χ3v) is 5.20. The van der Waals surface area contributed by atoms with Gasteiger partial charge in [-0.2, -0.15) is 0 Å². The van der Waals surface area contributed by atoms with Gasteiger partial charge in [-0.1, -0.05) is 11.6 Å². The van der Waals surface area contributed by atoms with E-state index in [-0.39, 0.29) is 18.6 Å². The van der Waals surface area contributed by atoms with Crippen molar-refractivity contribution in [3.63, 3.8) is 0 Å². The van der Waals surface area contributed by atoms with E-state index in [4.69, 9.17) is 21.1 Å². The number of hydrogen-bond acceptors (Lipinski definition) is 5. The highest BCUT2D eigenvalue weighted by atomic mass is 35.5. The average molecular weight is 415 g/mol. The second-order valence-electron chi connectivity index (χ2n) is 6.43. The van der Waals surface area contributed by atoms with Crippen molar-refractivity contribution in [3.8, 4) is 17.0 Å². The number of sulfonamides is 1. The van der Waals surface area contributed by atoms with E-state index in [1.165, 1.54) is 12.3 Å². The van der Waals surface area contributed by atoms with Gasteiger partial charge in [0.2, 0.25) is 10.0 Å². The van der Waals surface area contributed by atoms with E-state index >= 15 is 0 Å². The second kappa shape index (κ2) is 8.52. The summed E-state index contributed by atoms with van der Waals surface area (Å²) < 4.78 is 51.1. The largest absolute Gasteiger partial charge is 0.493 e. The maximum Gasteiger partial charge on any atom is 0.208 e. The Bertz CT molecular complexity index is 893. The highest BCUT2D eigenvalue weighted by Gasteiger charge is 2.28. The first-order valence-corrected chi connectivity index (χ1v) is 10.7. The van der Waals surface area contributed by atoms with Gasteiger partial charge in [-0.3, -0.25) is 4.98 Å². The van der Waals surface area contributed by atoms with E-state index in [1.807, 2.05) is 0 Å². The van der Waals surface area contributed by atoms with Crippen molar-refractivity contribution >= 4 is 21.6 Å². The Morgan fingerprint density at radius 3 is 2.85 bits per heavy atom. The van der Waals surface area contributed by atoms with E-state index in [9.17, 15) is 12.8 Å². The predicted octanol–water partition coefficient (Wildman–Crippen LogP) is 2.87. The van der Waals surface area contributed by atoms with Gasteiger partial charge in [0.15, 0.2) is 0 Å². The zero-order valence-corrected chi connectivity index (χ0v) is 16.3. The molecule has 1 N–H and O–H groups in total. The van der Waals surface area contributed by atoms with Crippen LogP contribution in [0.5, 0.6) is 5.75 Å². The lowest BCUT2D eigenvalue weighted by atomic mass is 9.98. The fraction of sp³-hybridized carbons (Fsp3) is 0.389. The molecule has 1 aliphatic rings. The minimum atomic E-state index is -3.32. The van der Waals surface area contributed by atoms with Crippen LogP contribution in [-0.4, -0.2) is 45.5 Å². The maximum absolute atomic E-state index is 14.4. The quantitative estimate of drug-likeness (QED) is 0.786. The first kappa shape index (κ1) is 20.0. The van der Waals surface area contributed by atoms with E-state index in [1.54, 1.807) is 24.3 Å². The van der Waals surface area contributed by atoms with Crippen molar-refractivity contribution in [1.29, 1.82) is 0 Å². The Hall–Kier alpha value is -1.74. The molecule has 9 heteroatoms. The molecule has 0 bridgehead atoms. The molecule has 0 amide bonds. The highest BCUT2D eigenvalue weighted by molar-refractivity contribution is 7.88. The van der Waals surface area contributed by atoms with Crippen molar-refractivity contribution < 1.29 is 22.3 Å². The topological polar surface area (TPSA) is 77.5 Å². The molecule has 1 saturated heterocycles. The number of hydrogen-bond donors (Lipinski definition) is 1. The molecule has 146 valence electrons. The van der Waals surface area contributed by atoms with Crippen molar-refractivity contribution in [1.82, 2.24) is 9.71 Å². The van der Waals surface area contributed by atoms with Gasteiger partial charge in [0.25, 0.3) is 0 Å². The van der Waals surface area contributed by atoms with Gasteiger partial charge >= 0.3 is 0 Å².